The van der Waals surface area contributed by atoms with Gasteiger partial charge in [-0.15, -0.1) is 0 Å². The van der Waals surface area contributed by atoms with E-state index in [2.05, 4.69) is 0 Å². The van der Waals surface area contributed by atoms with Crippen molar-refractivity contribution in [1.29, 1.82) is 0 Å². The first kappa shape index (κ1) is 12.4. The molecule has 0 radical (unpaired) electrons. The van der Waals surface area contributed by atoms with E-state index in [0.717, 1.165) is 31.2 Å². The summed E-state index contributed by atoms with van der Waals surface area (Å²) in [7, 11) is 0. The van der Waals surface area contributed by atoms with Crippen molar-refractivity contribution in [2.75, 3.05) is 0 Å². The number of carboxylic acid groups (broad SMARTS) is 1. The second-order valence-corrected chi connectivity index (χ2v) is 4.97. The highest BCUT2D eigenvalue weighted by Crippen LogP contribution is 2.34. The highest BCUT2D eigenvalue weighted by Gasteiger charge is 2.22. The first-order valence-electron chi connectivity index (χ1n) is 5.78. The number of aliphatic hydroxyl groups is 1. The van der Waals surface area contributed by atoms with Crippen LogP contribution in [0.1, 0.15) is 47.5 Å². The fraction of sp³-hybridized carbons (Fsp3) is 0.462. The highest BCUT2D eigenvalue weighted by atomic mass is 35.5. The number of aliphatic hydroxyl groups excluding tert-OH is 1. The summed E-state index contributed by atoms with van der Waals surface area (Å²) in [5.74, 6) is -0.718. The van der Waals surface area contributed by atoms with E-state index in [1.807, 2.05) is 0 Å². The van der Waals surface area contributed by atoms with Crippen LogP contribution in [0, 0.1) is 0 Å². The Hall–Kier alpha value is -1.06. The average Bonchev–Trinajstić information content (AvgIpc) is 2.28. The second-order valence-electron chi connectivity index (χ2n) is 4.56. The lowest BCUT2D eigenvalue weighted by atomic mass is 9.82. The molecule has 0 spiro atoms. The SMILES string of the molecule is O=C(O)c1ccc(C2CCCC(O)C2)cc1Cl. The van der Waals surface area contributed by atoms with E-state index in [1.165, 1.54) is 0 Å². The van der Waals surface area contributed by atoms with Crippen LogP contribution in [0.15, 0.2) is 18.2 Å². The molecule has 1 aromatic carbocycles. The standard InChI is InChI=1S/C13H15ClO3/c14-12-7-9(4-5-11(12)13(16)17)8-2-1-3-10(15)6-8/h4-5,7-8,10,15H,1-3,6H2,(H,16,17). The van der Waals surface area contributed by atoms with E-state index in [9.17, 15) is 9.90 Å². The minimum atomic E-state index is -1.01. The number of hydrogen-bond acceptors (Lipinski definition) is 2. The van der Waals surface area contributed by atoms with Crippen molar-refractivity contribution in [3.63, 3.8) is 0 Å². The van der Waals surface area contributed by atoms with Crippen LogP contribution in [0.2, 0.25) is 5.02 Å². The Morgan fingerprint density at radius 1 is 1.35 bits per heavy atom. The molecule has 1 aliphatic rings. The molecule has 17 heavy (non-hydrogen) atoms. The number of hydrogen-bond donors (Lipinski definition) is 2. The lowest BCUT2D eigenvalue weighted by molar-refractivity contribution is 0.0697. The smallest absolute Gasteiger partial charge is 0.337 e. The minimum Gasteiger partial charge on any atom is -0.478 e. The van der Waals surface area contributed by atoms with Crippen LogP contribution in [0.25, 0.3) is 0 Å². The molecule has 1 saturated carbocycles. The van der Waals surface area contributed by atoms with Crippen molar-refractivity contribution in [3.8, 4) is 0 Å². The number of benzene rings is 1. The third-order valence-corrected chi connectivity index (χ3v) is 3.65. The van der Waals surface area contributed by atoms with Gasteiger partial charge in [-0.25, -0.2) is 4.79 Å². The minimum absolute atomic E-state index is 0.131. The van der Waals surface area contributed by atoms with Gasteiger partial charge in [-0.05, 0) is 42.9 Å². The third-order valence-electron chi connectivity index (χ3n) is 3.34. The Morgan fingerprint density at radius 2 is 2.12 bits per heavy atom. The van der Waals surface area contributed by atoms with Crippen molar-refractivity contribution in [1.82, 2.24) is 0 Å². The first-order valence-corrected chi connectivity index (χ1v) is 6.16. The monoisotopic (exact) mass is 254 g/mol. The first-order chi connectivity index (χ1) is 8.08. The summed E-state index contributed by atoms with van der Waals surface area (Å²) in [6.45, 7) is 0. The molecular formula is C13H15ClO3. The molecule has 4 heteroatoms. The topological polar surface area (TPSA) is 57.5 Å². The van der Waals surface area contributed by atoms with E-state index in [4.69, 9.17) is 16.7 Å². The number of carbonyl (C=O) groups is 1. The lowest BCUT2D eigenvalue weighted by Crippen LogP contribution is -2.18. The number of carboxylic acids is 1. The normalized spacial score (nSPS) is 24.6. The molecule has 1 aromatic rings. The molecule has 0 amide bonds. The van der Waals surface area contributed by atoms with Crippen LogP contribution < -0.4 is 0 Å². The Bertz CT molecular complexity index is 431. The third kappa shape index (κ3) is 2.79. The van der Waals surface area contributed by atoms with E-state index >= 15 is 0 Å². The maximum absolute atomic E-state index is 10.8. The zero-order chi connectivity index (χ0) is 12.4. The summed E-state index contributed by atoms with van der Waals surface area (Å²) >= 11 is 5.94. The number of aromatic carboxylic acids is 1. The Labute approximate surface area is 105 Å². The molecule has 1 aliphatic carbocycles. The highest BCUT2D eigenvalue weighted by molar-refractivity contribution is 6.33. The molecular weight excluding hydrogens is 240 g/mol. The van der Waals surface area contributed by atoms with Crippen LogP contribution in [-0.4, -0.2) is 22.3 Å². The Morgan fingerprint density at radius 3 is 2.71 bits per heavy atom. The summed E-state index contributed by atoms with van der Waals surface area (Å²) in [6, 6.07) is 5.06. The van der Waals surface area contributed by atoms with Gasteiger partial charge in [-0.3, -0.25) is 0 Å². The lowest BCUT2D eigenvalue weighted by Gasteiger charge is -2.26. The van der Waals surface area contributed by atoms with Gasteiger partial charge < -0.3 is 10.2 Å². The molecule has 2 N–H and O–H groups in total. The maximum atomic E-state index is 10.8. The van der Waals surface area contributed by atoms with Crippen LogP contribution in [0.4, 0.5) is 0 Å². The summed E-state index contributed by atoms with van der Waals surface area (Å²) in [4.78, 5) is 10.8. The van der Waals surface area contributed by atoms with Gasteiger partial charge in [0.2, 0.25) is 0 Å². The van der Waals surface area contributed by atoms with E-state index in [1.54, 1.807) is 18.2 Å². The molecule has 0 heterocycles. The Kier molecular flexibility index (Phi) is 3.69. The van der Waals surface area contributed by atoms with Crippen molar-refractivity contribution >= 4 is 17.6 Å². The predicted octanol–water partition coefficient (Wildman–Crippen LogP) is 3.06. The molecule has 2 rings (SSSR count). The van der Waals surface area contributed by atoms with Crippen molar-refractivity contribution < 1.29 is 15.0 Å². The zero-order valence-corrected chi connectivity index (χ0v) is 10.2. The maximum Gasteiger partial charge on any atom is 0.337 e. The molecule has 0 saturated heterocycles. The fourth-order valence-electron chi connectivity index (χ4n) is 2.43. The van der Waals surface area contributed by atoms with E-state index < -0.39 is 5.97 Å². The van der Waals surface area contributed by atoms with Gasteiger partial charge in [0, 0.05) is 0 Å². The van der Waals surface area contributed by atoms with Crippen molar-refractivity contribution in [3.05, 3.63) is 34.3 Å². The van der Waals surface area contributed by atoms with E-state index in [0.29, 0.717) is 5.92 Å². The summed E-state index contributed by atoms with van der Waals surface area (Å²) in [5.41, 5.74) is 1.16. The van der Waals surface area contributed by atoms with Gasteiger partial charge in [-0.1, -0.05) is 24.1 Å². The van der Waals surface area contributed by atoms with Gasteiger partial charge in [0.25, 0.3) is 0 Å². The molecule has 0 aliphatic heterocycles. The Balaban J connectivity index is 2.22. The van der Waals surface area contributed by atoms with Crippen LogP contribution in [0.3, 0.4) is 0 Å². The molecule has 3 nitrogen and oxygen atoms in total. The van der Waals surface area contributed by atoms with E-state index in [-0.39, 0.29) is 16.7 Å². The number of rotatable bonds is 2. The zero-order valence-electron chi connectivity index (χ0n) is 9.40. The quantitative estimate of drug-likeness (QED) is 0.853. The van der Waals surface area contributed by atoms with Crippen LogP contribution >= 0.6 is 11.6 Å². The predicted molar refractivity (Wildman–Crippen MR) is 65.6 cm³/mol. The number of halogens is 1. The van der Waals surface area contributed by atoms with Crippen LogP contribution in [-0.2, 0) is 0 Å². The van der Waals surface area contributed by atoms with Gasteiger partial charge in [0.05, 0.1) is 16.7 Å². The van der Waals surface area contributed by atoms with Crippen LogP contribution in [0.5, 0.6) is 0 Å². The fourth-order valence-corrected chi connectivity index (χ4v) is 2.70. The summed E-state index contributed by atoms with van der Waals surface area (Å²) in [6.07, 6.45) is 3.39. The summed E-state index contributed by atoms with van der Waals surface area (Å²) < 4.78 is 0. The molecule has 0 bridgehead atoms. The van der Waals surface area contributed by atoms with Gasteiger partial charge in [-0.2, -0.15) is 0 Å². The van der Waals surface area contributed by atoms with Gasteiger partial charge >= 0.3 is 5.97 Å². The van der Waals surface area contributed by atoms with Crippen molar-refractivity contribution in [2.45, 2.75) is 37.7 Å². The molecule has 0 aromatic heterocycles. The molecule has 92 valence electrons. The van der Waals surface area contributed by atoms with Gasteiger partial charge in [0.1, 0.15) is 0 Å². The summed E-state index contributed by atoms with van der Waals surface area (Å²) in [5, 5.41) is 18.8. The van der Waals surface area contributed by atoms with Gasteiger partial charge in [0.15, 0.2) is 0 Å². The van der Waals surface area contributed by atoms with Crippen molar-refractivity contribution in [2.24, 2.45) is 0 Å². The molecule has 1 fully saturated rings. The molecule has 2 atom stereocenters. The largest absolute Gasteiger partial charge is 0.478 e. The second kappa shape index (κ2) is 5.07. The average molecular weight is 255 g/mol. The molecule has 2 unspecified atom stereocenters.